The second-order valence-electron chi connectivity index (χ2n) is 10.9. The van der Waals surface area contributed by atoms with Crippen LogP contribution < -0.4 is 0 Å². The maximum atomic E-state index is 17.3. The van der Waals surface area contributed by atoms with Gasteiger partial charge >= 0.3 is 5.97 Å². The Balaban J connectivity index is 1.62. The molecule has 3 fully saturated rings. The number of furan rings is 1. The Labute approximate surface area is 207 Å². The second kappa shape index (κ2) is 7.62. The molecule has 1 aromatic rings. The first-order valence-corrected chi connectivity index (χ1v) is 12.2. The summed E-state index contributed by atoms with van der Waals surface area (Å²) >= 11 is 4.11. The molecular weight excluding hydrogens is 478 g/mol. The minimum atomic E-state index is -2.29. The highest BCUT2D eigenvalue weighted by molar-refractivity contribution is 7.96. The van der Waals surface area contributed by atoms with Crippen molar-refractivity contribution in [2.45, 2.75) is 63.6 Å². The number of ketones is 1. The van der Waals surface area contributed by atoms with Gasteiger partial charge in [0.1, 0.15) is 6.17 Å². The van der Waals surface area contributed by atoms with Crippen molar-refractivity contribution in [3.63, 3.8) is 0 Å². The standard InChI is InChI=1S/C26H28F2O6S/c1-13-9-15-16-11-18(27)17-10-14(29)6-7-23(17,2)25(16,28)20(30)12-24(15,3)26(13,22(32)35)34-21(31)19-5-4-8-33-19/h4-8,10,13,15-16,18,20,30H,9,11-12H2,1-3H3,(H,32,35)/t13-,15-,16-,18-,20-,23-,24-,25-,26-/m0/s1. The van der Waals surface area contributed by atoms with Crippen LogP contribution >= 0.6 is 12.6 Å². The van der Waals surface area contributed by atoms with E-state index < -0.39 is 69.0 Å². The molecule has 3 saturated carbocycles. The van der Waals surface area contributed by atoms with Crippen LogP contribution in [0.2, 0.25) is 0 Å². The van der Waals surface area contributed by atoms with Crippen LogP contribution in [0.4, 0.5) is 8.78 Å². The normalized spacial score (nSPS) is 46.3. The molecule has 188 valence electrons. The summed E-state index contributed by atoms with van der Waals surface area (Å²) in [5, 5.41) is 10.7. The van der Waals surface area contributed by atoms with Gasteiger partial charge in [-0.3, -0.25) is 9.59 Å². The van der Waals surface area contributed by atoms with Crippen molar-refractivity contribution in [3.8, 4) is 0 Å². The van der Waals surface area contributed by atoms with E-state index in [9.17, 15) is 19.5 Å². The zero-order valence-electron chi connectivity index (χ0n) is 19.7. The number of esters is 1. The Morgan fingerprint density at radius 3 is 2.60 bits per heavy atom. The van der Waals surface area contributed by atoms with Gasteiger partial charge in [0.05, 0.1) is 12.4 Å². The third-order valence-corrected chi connectivity index (χ3v) is 9.79. The number of fused-ring (bicyclic) bond motifs is 5. The lowest BCUT2D eigenvalue weighted by Crippen LogP contribution is -2.70. The van der Waals surface area contributed by atoms with Gasteiger partial charge < -0.3 is 14.3 Å². The Morgan fingerprint density at radius 2 is 1.97 bits per heavy atom. The Hall–Kier alpha value is -2.26. The molecular formula is C26H28F2O6S. The number of rotatable bonds is 3. The number of ether oxygens (including phenoxy) is 1. The fourth-order valence-corrected chi connectivity index (χ4v) is 8.35. The van der Waals surface area contributed by atoms with Crippen LogP contribution in [0.5, 0.6) is 0 Å². The van der Waals surface area contributed by atoms with Crippen molar-refractivity contribution in [1.29, 1.82) is 0 Å². The molecule has 0 aromatic carbocycles. The lowest BCUT2D eigenvalue weighted by molar-refractivity contribution is -0.221. The van der Waals surface area contributed by atoms with Gasteiger partial charge in [0.2, 0.25) is 10.9 Å². The van der Waals surface area contributed by atoms with E-state index in [1.807, 2.05) is 0 Å². The molecule has 6 nitrogen and oxygen atoms in total. The highest BCUT2D eigenvalue weighted by atomic mass is 32.1. The van der Waals surface area contributed by atoms with Crippen molar-refractivity contribution in [1.82, 2.24) is 0 Å². The summed E-state index contributed by atoms with van der Waals surface area (Å²) in [6.45, 7) is 4.93. The Morgan fingerprint density at radius 1 is 1.26 bits per heavy atom. The molecule has 4 aliphatic rings. The van der Waals surface area contributed by atoms with E-state index in [-0.39, 0.29) is 30.6 Å². The molecule has 0 spiro atoms. The highest BCUT2D eigenvalue weighted by Gasteiger charge is 2.78. The first-order valence-electron chi connectivity index (χ1n) is 11.8. The number of allylic oxidation sites excluding steroid dienone is 4. The minimum absolute atomic E-state index is 0.0261. The van der Waals surface area contributed by atoms with Gasteiger partial charge in [0.25, 0.3) is 0 Å². The molecule has 0 amide bonds. The van der Waals surface area contributed by atoms with E-state index in [0.717, 1.165) is 6.08 Å². The van der Waals surface area contributed by atoms with Gasteiger partial charge in [-0.05, 0) is 62.0 Å². The number of alkyl halides is 2. The van der Waals surface area contributed by atoms with Crippen LogP contribution in [-0.2, 0) is 14.3 Å². The predicted molar refractivity (Wildman–Crippen MR) is 124 cm³/mol. The zero-order valence-corrected chi connectivity index (χ0v) is 20.6. The van der Waals surface area contributed by atoms with Crippen LogP contribution in [0.25, 0.3) is 0 Å². The molecule has 35 heavy (non-hydrogen) atoms. The van der Waals surface area contributed by atoms with Crippen molar-refractivity contribution in [2.75, 3.05) is 0 Å². The van der Waals surface area contributed by atoms with Gasteiger partial charge in [-0.2, -0.15) is 0 Å². The van der Waals surface area contributed by atoms with Crippen LogP contribution in [0.3, 0.4) is 0 Å². The molecule has 1 heterocycles. The van der Waals surface area contributed by atoms with Crippen molar-refractivity contribution < 1.29 is 37.4 Å². The number of thiol groups is 1. The number of aliphatic hydroxyl groups is 1. The van der Waals surface area contributed by atoms with E-state index in [2.05, 4.69) is 12.6 Å². The summed E-state index contributed by atoms with van der Waals surface area (Å²) in [7, 11) is 0. The summed E-state index contributed by atoms with van der Waals surface area (Å²) in [6.07, 6.45) is 1.58. The van der Waals surface area contributed by atoms with Crippen molar-refractivity contribution in [3.05, 3.63) is 48.0 Å². The van der Waals surface area contributed by atoms with E-state index in [0.29, 0.717) is 0 Å². The number of hydrogen-bond donors (Lipinski definition) is 2. The number of halogens is 2. The molecule has 1 N–H and O–H groups in total. The summed E-state index contributed by atoms with van der Waals surface area (Å²) in [5.41, 5.74) is -6.80. The van der Waals surface area contributed by atoms with Crippen LogP contribution in [0.15, 0.2) is 46.6 Å². The monoisotopic (exact) mass is 506 g/mol. The average Bonchev–Trinajstić information content (AvgIpc) is 3.39. The van der Waals surface area contributed by atoms with Gasteiger partial charge in [0.15, 0.2) is 17.1 Å². The molecule has 1 aromatic heterocycles. The number of aliphatic hydroxyl groups excluding tert-OH is 1. The molecule has 5 rings (SSSR count). The fourth-order valence-electron chi connectivity index (χ4n) is 7.83. The molecule has 0 radical (unpaired) electrons. The topological polar surface area (TPSA) is 93.8 Å². The number of carbonyl (C=O) groups is 3. The molecule has 0 unspecified atom stereocenters. The maximum absolute atomic E-state index is 17.3. The van der Waals surface area contributed by atoms with Gasteiger partial charge in [-0.25, -0.2) is 13.6 Å². The summed E-state index contributed by atoms with van der Waals surface area (Å²) in [6, 6.07) is 2.91. The predicted octanol–water partition coefficient (Wildman–Crippen LogP) is 4.20. The molecule has 0 aliphatic heterocycles. The van der Waals surface area contributed by atoms with E-state index >= 15 is 8.78 Å². The third-order valence-electron chi connectivity index (χ3n) is 9.46. The fraction of sp³-hybridized carbons (Fsp3) is 0.577. The molecule has 9 heteroatoms. The highest BCUT2D eigenvalue weighted by Crippen LogP contribution is 2.71. The lowest BCUT2D eigenvalue weighted by Gasteiger charge is -2.63. The van der Waals surface area contributed by atoms with Crippen LogP contribution in [0.1, 0.15) is 50.6 Å². The summed E-state index contributed by atoms with van der Waals surface area (Å²) < 4.78 is 43.8. The van der Waals surface area contributed by atoms with Crippen LogP contribution in [-0.4, -0.2) is 45.5 Å². The van der Waals surface area contributed by atoms with Gasteiger partial charge in [0, 0.05) is 22.7 Å². The minimum Gasteiger partial charge on any atom is -0.457 e. The van der Waals surface area contributed by atoms with Gasteiger partial charge in [-0.1, -0.05) is 19.9 Å². The average molecular weight is 507 g/mol. The van der Waals surface area contributed by atoms with E-state index in [1.165, 1.54) is 37.5 Å². The van der Waals surface area contributed by atoms with Gasteiger partial charge in [-0.15, -0.1) is 12.6 Å². The number of carbonyl (C=O) groups excluding carboxylic acids is 3. The third kappa shape index (κ3) is 2.88. The van der Waals surface area contributed by atoms with Crippen molar-refractivity contribution in [2.24, 2.45) is 28.6 Å². The van der Waals surface area contributed by atoms with E-state index in [4.69, 9.17) is 9.15 Å². The SMILES string of the molecule is C[C@H]1C[C@H]2[C@@H]3C[C@H](F)C4=CC(=O)C=C[C@]4(C)[C@@]3(F)[C@@H](O)C[C@]2(C)[C@@]1(OC(=O)c1ccco1)C(=O)S. The molecule has 0 bridgehead atoms. The van der Waals surface area contributed by atoms with Crippen LogP contribution in [0, 0.1) is 28.6 Å². The number of hydrogen-bond acceptors (Lipinski definition) is 6. The maximum Gasteiger partial charge on any atom is 0.375 e. The van der Waals surface area contributed by atoms with E-state index in [1.54, 1.807) is 13.8 Å². The van der Waals surface area contributed by atoms with Crippen molar-refractivity contribution >= 4 is 29.5 Å². The molecule has 0 saturated heterocycles. The zero-order chi connectivity index (χ0) is 25.6. The Kier molecular flexibility index (Phi) is 5.32. The summed E-state index contributed by atoms with van der Waals surface area (Å²) in [5.74, 6) is -3.57. The molecule has 4 aliphatic carbocycles. The first-order chi connectivity index (χ1) is 16.3. The summed E-state index contributed by atoms with van der Waals surface area (Å²) in [4.78, 5) is 38.0. The lowest BCUT2D eigenvalue weighted by atomic mass is 9.44. The largest absolute Gasteiger partial charge is 0.457 e. The first kappa shape index (κ1) is 24.4. The molecule has 9 atom stereocenters. The quantitative estimate of drug-likeness (QED) is 0.472. The second-order valence-corrected chi connectivity index (χ2v) is 11.3. The Bertz CT molecular complexity index is 1160. The smallest absolute Gasteiger partial charge is 0.375 e.